The Bertz CT molecular complexity index is 534. The van der Waals surface area contributed by atoms with Crippen LogP contribution in [0.3, 0.4) is 0 Å². The molecule has 1 N–H and O–H groups in total. The molecule has 0 bridgehead atoms. The molecule has 20 heavy (non-hydrogen) atoms. The van der Waals surface area contributed by atoms with Gasteiger partial charge in [-0.1, -0.05) is 12.1 Å². The molecule has 0 spiro atoms. The van der Waals surface area contributed by atoms with E-state index in [4.69, 9.17) is 5.26 Å². The van der Waals surface area contributed by atoms with Crippen molar-refractivity contribution in [2.75, 3.05) is 39.5 Å². The van der Waals surface area contributed by atoms with E-state index in [0.717, 1.165) is 0 Å². The van der Waals surface area contributed by atoms with Crippen LogP contribution in [0.25, 0.3) is 0 Å². The number of hydrogen-bond acceptors (Lipinski definition) is 4. The molecule has 106 valence electrons. The Balaban J connectivity index is 2.56. The first-order valence-corrected chi connectivity index (χ1v) is 6.11. The summed E-state index contributed by atoms with van der Waals surface area (Å²) in [6.45, 7) is 0.250. The number of likely N-dealkylation sites (N-methyl/N-ethyl adjacent to an activating group) is 2. The van der Waals surface area contributed by atoms with Crippen molar-refractivity contribution in [3.8, 4) is 6.07 Å². The number of carbonyl (C=O) groups excluding carboxylic acids is 2. The number of amides is 2. The largest absolute Gasteiger partial charge is 0.348 e. The molecule has 0 saturated carbocycles. The molecule has 0 heterocycles. The summed E-state index contributed by atoms with van der Waals surface area (Å²) in [5.74, 6) is -0.334. The topological polar surface area (TPSA) is 76.4 Å². The van der Waals surface area contributed by atoms with Gasteiger partial charge in [0, 0.05) is 14.1 Å². The molecule has 6 heteroatoms. The van der Waals surface area contributed by atoms with Crippen molar-refractivity contribution in [1.82, 2.24) is 9.80 Å². The first kappa shape index (κ1) is 15.7. The van der Waals surface area contributed by atoms with Crippen molar-refractivity contribution in [1.29, 1.82) is 5.26 Å². The number of benzene rings is 1. The summed E-state index contributed by atoms with van der Waals surface area (Å²) in [6, 6.07) is 8.79. The number of nitrogens with zero attached hydrogens (tertiary/aromatic N) is 3. The van der Waals surface area contributed by atoms with Crippen molar-refractivity contribution in [2.24, 2.45) is 0 Å². The normalized spacial score (nSPS) is 9.95. The van der Waals surface area contributed by atoms with E-state index in [-0.39, 0.29) is 24.9 Å². The monoisotopic (exact) mass is 274 g/mol. The molecule has 1 rings (SSSR count). The number of hydrogen-bond donors (Lipinski definition) is 1. The van der Waals surface area contributed by atoms with Crippen LogP contribution in [-0.4, -0.2) is 55.8 Å². The van der Waals surface area contributed by atoms with Gasteiger partial charge in [0.1, 0.15) is 6.07 Å². The number of nitrogens with one attached hydrogen (secondary N) is 1. The minimum atomic E-state index is -0.262. The van der Waals surface area contributed by atoms with Crippen molar-refractivity contribution in [3.63, 3.8) is 0 Å². The fourth-order valence-electron chi connectivity index (χ4n) is 1.55. The average molecular weight is 274 g/mol. The molecule has 0 aromatic heterocycles. The van der Waals surface area contributed by atoms with Gasteiger partial charge in [-0.15, -0.1) is 0 Å². The van der Waals surface area contributed by atoms with Gasteiger partial charge in [-0.25, -0.2) is 0 Å². The third-order valence-corrected chi connectivity index (χ3v) is 2.64. The first-order valence-electron chi connectivity index (χ1n) is 6.11. The minimum absolute atomic E-state index is 0.0716. The maximum absolute atomic E-state index is 11.9. The van der Waals surface area contributed by atoms with Crippen LogP contribution < -0.4 is 5.32 Å². The third-order valence-electron chi connectivity index (χ3n) is 2.64. The minimum Gasteiger partial charge on any atom is -0.348 e. The van der Waals surface area contributed by atoms with Crippen LogP contribution in [-0.2, 0) is 9.59 Å². The molecule has 0 fully saturated rings. The lowest BCUT2D eigenvalue weighted by Gasteiger charge is -2.18. The highest BCUT2D eigenvalue weighted by molar-refractivity contribution is 5.93. The van der Waals surface area contributed by atoms with Crippen molar-refractivity contribution in [2.45, 2.75) is 0 Å². The van der Waals surface area contributed by atoms with Crippen LogP contribution in [0.1, 0.15) is 5.56 Å². The Morgan fingerprint density at radius 3 is 2.45 bits per heavy atom. The molecule has 0 radical (unpaired) electrons. The van der Waals surface area contributed by atoms with E-state index in [2.05, 4.69) is 5.32 Å². The van der Waals surface area contributed by atoms with Crippen LogP contribution in [0, 0.1) is 11.3 Å². The fourth-order valence-corrected chi connectivity index (χ4v) is 1.55. The lowest BCUT2D eigenvalue weighted by atomic mass is 10.2. The molecular formula is C14H18N4O2. The van der Waals surface area contributed by atoms with Gasteiger partial charge < -0.3 is 10.2 Å². The average Bonchev–Trinajstić information content (AvgIpc) is 2.38. The summed E-state index contributed by atoms with van der Waals surface area (Å²) in [5, 5.41) is 11.6. The zero-order chi connectivity index (χ0) is 15.1. The van der Waals surface area contributed by atoms with Crippen LogP contribution >= 0.6 is 0 Å². The molecule has 1 aromatic carbocycles. The standard InChI is InChI=1S/C14H18N4O2/c1-17(2)14(20)10-18(3)9-13(19)16-12-7-5-4-6-11(12)8-15/h4-7H,9-10H2,1-3H3,(H,16,19). The zero-order valence-corrected chi connectivity index (χ0v) is 11.9. The summed E-state index contributed by atoms with van der Waals surface area (Å²) in [6.07, 6.45) is 0. The van der Waals surface area contributed by atoms with Gasteiger partial charge in [0.2, 0.25) is 11.8 Å². The molecule has 0 atom stereocenters. The summed E-state index contributed by atoms with van der Waals surface area (Å²) in [5.41, 5.74) is 0.889. The Labute approximate surface area is 118 Å². The molecule has 0 unspecified atom stereocenters. The molecule has 0 aliphatic carbocycles. The highest BCUT2D eigenvalue weighted by atomic mass is 16.2. The van der Waals surface area contributed by atoms with Gasteiger partial charge in [-0.2, -0.15) is 5.26 Å². The number of carbonyl (C=O) groups is 2. The SMILES string of the molecule is CN(CC(=O)Nc1ccccc1C#N)CC(=O)N(C)C. The van der Waals surface area contributed by atoms with E-state index in [0.29, 0.717) is 11.3 Å². The van der Waals surface area contributed by atoms with E-state index in [1.807, 2.05) is 6.07 Å². The second kappa shape index (κ2) is 7.26. The molecule has 0 aliphatic rings. The van der Waals surface area contributed by atoms with E-state index in [1.54, 1.807) is 50.3 Å². The molecule has 0 aliphatic heterocycles. The van der Waals surface area contributed by atoms with E-state index in [1.165, 1.54) is 4.90 Å². The highest BCUT2D eigenvalue weighted by Crippen LogP contribution is 2.13. The second-order valence-electron chi connectivity index (χ2n) is 4.67. The van der Waals surface area contributed by atoms with E-state index >= 15 is 0 Å². The zero-order valence-electron chi connectivity index (χ0n) is 11.9. The van der Waals surface area contributed by atoms with E-state index in [9.17, 15) is 9.59 Å². The first-order chi connectivity index (χ1) is 9.43. The third kappa shape index (κ3) is 4.71. The maximum atomic E-state index is 11.9. The van der Waals surface area contributed by atoms with Crippen LogP contribution in [0.5, 0.6) is 0 Å². The van der Waals surface area contributed by atoms with Gasteiger partial charge in [0.25, 0.3) is 0 Å². The van der Waals surface area contributed by atoms with Crippen molar-refractivity contribution in [3.05, 3.63) is 29.8 Å². The van der Waals surface area contributed by atoms with Gasteiger partial charge in [0.05, 0.1) is 24.3 Å². The Morgan fingerprint density at radius 1 is 1.20 bits per heavy atom. The summed E-state index contributed by atoms with van der Waals surface area (Å²) >= 11 is 0. The number of para-hydroxylation sites is 1. The smallest absolute Gasteiger partial charge is 0.238 e. The Morgan fingerprint density at radius 2 is 1.85 bits per heavy atom. The van der Waals surface area contributed by atoms with Crippen LogP contribution in [0.2, 0.25) is 0 Å². The predicted molar refractivity (Wildman–Crippen MR) is 76.0 cm³/mol. The number of rotatable bonds is 5. The summed E-state index contributed by atoms with van der Waals surface area (Å²) in [7, 11) is 5.02. The van der Waals surface area contributed by atoms with Crippen molar-refractivity contribution < 1.29 is 9.59 Å². The predicted octanol–water partition coefficient (Wildman–Crippen LogP) is 0.517. The van der Waals surface area contributed by atoms with Gasteiger partial charge >= 0.3 is 0 Å². The van der Waals surface area contributed by atoms with Gasteiger partial charge in [-0.3, -0.25) is 14.5 Å². The lowest BCUT2D eigenvalue weighted by molar-refractivity contribution is -0.130. The molecular weight excluding hydrogens is 256 g/mol. The van der Waals surface area contributed by atoms with Crippen LogP contribution in [0.15, 0.2) is 24.3 Å². The second-order valence-corrected chi connectivity index (χ2v) is 4.67. The molecule has 1 aromatic rings. The quantitative estimate of drug-likeness (QED) is 0.849. The maximum Gasteiger partial charge on any atom is 0.238 e. The number of nitriles is 1. The van der Waals surface area contributed by atoms with Crippen molar-refractivity contribution >= 4 is 17.5 Å². The van der Waals surface area contributed by atoms with Gasteiger partial charge in [0.15, 0.2) is 0 Å². The molecule has 0 saturated heterocycles. The summed E-state index contributed by atoms with van der Waals surface area (Å²) < 4.78 is 0. The Hall–Kier alpha value is -2.39. The fraction of sp³-hybridized carbons (Fsp3) is 0.357. The van der Waals surface area contributed by atoms with E-state index < -0.39 is 0 Å². The molecule has 6 nitrogen and oxygen atoms in total. The lowest BCUT2D eigenvalue weighted by Crippen LogP contribution is -2.38. The molecule has 2 amide bonds. The highest BCUT2D eigenvalue weighted by Gasteiger charge is 2.13. The number of anilines is 1. The Kier molecular flexibility index (Phi) is 5.69. The van der Waals surface area contributed by atoms with Crippen LogP contribution in [0.4, 0.5) is 5.69 Å². The summed E-state index contributed by atoms with van der Waals surface area (Å²) in [4.78, 5) is 26.4. The van der Waals surface area contributed by atoms with Gasteiger partial charge in [-0.05, 0) is 19.2 Å².